The van der Waals surface area contributed by atoms with Crippen LogP contribution in [0.5, 0.6) is 5.75 Å². The summed E-state index contributed by atoms with van der Waals surface area (Å²) in [7, 11) is 0. The third-order valence-corrected chi connectivity index (χ3v) is 3.60. The minimum Gasteiger partial charge on any atom is -0.488 e. The molecule has 2 rings (SSSR count). The first-order valence-corrected chi connectivity index (χ1v) is 7.85. The fourth-order valence-electron chi connectivity index (χ4n) is 2.00. The molecule has 1 N–H and O–H groups in total. The predicted molar refractivity (Wildman–Crippen MR) is 94.1 cm³/mol. The molecule has 0 unspecified atom stereocenters. The summed E-state index contributed by atoms with van der Waals surface area (Å²) in [5, 5.41) is 3.35. The molecule has 5 heteroatoms. The quantitative estimate of drug-likeness (QED) is 0.667. The lowest BCUT2D eigenvalue weighted by Gasteiger charge is -2.13. The Labute approximate surface area is 145 Å². The van der Waals surface area contributed by atoms with Gasteiger partial charge in [0.15, 0.2) is 0 Å². The minimum absolute atomic E-state index is 0. The van der Waals surface area contributed by atoms with Gasteiger partial charge in [0, 0.05) is 22.1 Å². The largest absolute Gasteiger partial charge is 0.488 e. The summed E-state index contributed by atoms with van der Waals surface area (Å²) in [6.07, 6.45) is 1.08. The molecule has 0 amide bonds. The van der Waals surface area contributed by atoms with E-state index in [2.05, 4.69) is 28.2 Å². The van der Waals surface area contributed by atoms with Crippen LogP contribution in [0.15, 0.2) is 46.9 Å². The fourth-order valence-corrected chi connectivity index (χ4v) is 2.41. The van der Waals surface area contributed by atoms with Crippen molar-refractivity contribution in [3.05, 3.63) is 63.9 Å². The Morgan fingerprint density at radius 2 is 1.91 bits per heavy atom. The summed E-state index contributed by atoms with van der Waals surface area (Å²) in [4.78, 5) is 0. The third kappa shape index (κ3) is 5.59. The minimum atomic E-state index is -0.236. The smallest absolute Gasteiger partial charge is 0.129 e. The second kappa shape index (κ2) is 9.82. The van der Waals surface area contributed by atoms with E-state index in [1.165, 1.54) is 6.07 Å². The topological polar surface area (TPSA) is 21.3 Å². The maximum atomic E-state index is 13.6. The lowest BCUT2D eigenvalue weighted by atomic mass is 10.2. The second-order valence-electron chi connectivity index (χ2n) is 4.81. The maximum Gasteiger partial charge on any atom is 0.129 e. The zero-order valence-corrected chi connectivity index (χ0v) is 14.8. The van der Waals surface area contributed by atoms with Crippen LogP contribution in [0.2, 0.25) is 0 Å². The Morgan fingerprint density at radius 1 is 1.14 bits per heavy atom. The SMILES string of the molecule is CCCNCc1cc(Br)ccc1OCc1ccccc1F.Cl. The van der Waals surface area contributed by atoms with Crippen LogP contribution in [-0.4, -0.2) is 6.54 Å². The Balaban J connectivity index is 0.00000242. The normalized spacial score (nSPS) is 10.1. The van der Waals surface area contributed by atoms with Crippen molar-refractivity contribution in [2.75, 3.05) is 6.54 Å². The Hall–Kier alpha value is -1.10. The van der Waals surface area contributed by atoms with Crippen LogP contribution in [-0.2, 0) is 13.2 Å². The summed E-state index contributed by atoms with van der Waals surface area (Å²) in [5.41, 5.74) is 1.63. The summed E-state index contributed by atoms with van der Waals surface area (Å²) in [6, 6.07) is 12.5. The predicted octanol–water partition coefficient (Wildman–Crippen LogP) is 5.09. The summed E-state index contributed by atoms with van der Waals surface area (Å²) < 4.78 is 20.4. The zero-order chi connectivity index (χ0) is 15.1. The average Bonchev–Trinajstić information content (AvgIpc) is 2.48. The first-order valence-electron chi connectivity index (χ1n) is 7.06. The van der Waals surface area contributed by atoms with Gasteiger partial charge in [-0.15, -0.1) is 12.4 Å². The van der Waals surface area contributed by atoms with E-state index in [0.717, 1.165) is 35.3 Å². The lowest BCUT2D eigenvalue weighted by molar-refractivity contribution is 0.296. The molecule has 2 aromatic carbocycles. The van der Waals surface area contributed by atoms with Crippen molar-refractivity contribution in [2.24, 2.45) is 0 Å². The molecule has 0 bridgehead atoms. The van der Waals surface area contributed by atoms with Gasteiger partial charge in [-0.25, -0.2) is 4.39 Å². The van der Waals surface area contributed by atoms with Crippen LogP contribution in [0.25, 0.3) is 0 Å². The number of ether oxygens (including phenoxy) is 1. The number of hydrogen-bond donors (Lipinski definition) is 1. The number of hydrogen-bond acceptors (Lipinski definition) is 2. The highest BCUT2D eigenvalue weighted by Gasteiger charge is 2.07. The lowest BCUT2D eigenvalue weighted by Crippen LogP contribution is -2.14. The molecule has 22 heavy (non-hydrogen) atoms. The average molecular weight is 389 g/mol. The number of nitrogens with one attached hydrogen (secondary N) is 1. The van der Waals surface area contributed by atoms with Crippen LogP contribution in [0.4, 0.5) is 4.39 Å². The molecule has 0 saturated heterocycles. The standard InChI is InChI=1S/C17H19BrFNO.ClH/c1-2-9-20-11-14-10-15(18)7-8-17(14)21-12-13-5-3-4-6-16(13)19;/h3-8,10,20H,2,9,11-12H2,1H3;1H. The molecule has 0 aliphatic heterocycles. The van der Waals surface area contributed by atoms with Gasteiger partial charge in [0.05, 0.1) is 0 Å². The van der Waals surface area contributed by atoms with Gasteiger partial charge in [-0.2, -0.15) is 0 Å². The van der Waals surface area contributed by atoms with E-state index in [1.807, 2.05) is 24.3 Å². The molecule has 0 fully saturated rings. The zero-order valence-electron chi connectivity index (χ0n) is 12.4. The Morgan fingerprint density at radius 3 is 2.64 bits per heavy atom. The molecule has 2 nitrogen and oxygen atoms in total. The van der Waals surface area contributed by atoms with Gasteiger partial charge in [0.25, 0.3) is 0 Å². The van der Waals surface area contributed by atoms with E-state index in [-0.39, 0.29) is 24.8 Å². The van der Waals surface area contributed by atoms with Crippen molar-refractivity contribution in [1.29, 1.82) is 0 Å². The monoisotopic (exact) mass is 387 g/mol. The molecule has 0 spiro atoms. The molecule has 0 aromatic heterocycles. The Bertz CT molecular complexity index is 595. The van der Waals surface area contributed by atoms with Gasteiger partial charge in [-0.1, -0.05) is 41.1 Å². The van der Waals surface area contributed by atoms with Crippen molar-refractivity contribution >= 4 is 28.3 Å². The summed E-state index contributed by atoms with van der Waals surface area (Å²) >= 11 is 3.47. The van der Waals surface area contributed by atoms with E-state index >= 15 is 0 Å². The molecule has 120 valence electrons. The van der Waals surface area contributed by atoms with Crippen LogP contribution < -0.4 is 10.1 Å². The number of halogens is 3. The first kappa shape index (κ1) is 18.9. The molecule has 0 saturated carbocycles. The van der Waals surface area contributed by atoms with E-state index in [1.54, 1.807) is 12.1 Å². The van der Waals surface area contributed by atoms with Crippen LogP contribution in [0, 0.1) is 5.82 Å². The molecular formula is C17H20BrClFNO. The van der Waals surface area contributed by atoms with Crippen LogP contribution in [0.3, 0.4) is 0 Å². The van der Waals surface area contributed by atoms with Gasteiger partial charge in [-0.3, -0.25) is 0 Å². The molecular weight excluding hydrogens is 369 g/mol. The molecule has 0 aliphatic carbocycles. The third-order valence-electron chi connectivity index (χ3n) is 3.11. The first-order chi connectivity index (χ1) is 10.2. The van der Waals surface area contributed by atoms with E-state index < -0.39 is 0 Å². The van der Waals surface area contributed by atoms with Gasteiger partial charge < -0.3 is 10.1 Å². The van der Waals surface area contributed by atoms with Gasteiger partial charge in [0.2, 0.25) is 0 Å². The van der Waals surface area contributed by atoms with E-state index in [0.29, 0.717) is 5.56 Å². The van der Waals surface area contributed by atoms with E-state index in [9.17, 15) is 4.39 Å². The maximum absolute atomic E-state index is 13.6. The number of rotatable bonds is 7. The fraction of sp³-hybridized carbons (Fsp3) is 0.294. The summed E-state index contributed by atoms with van der Waals surface area (Å²) in [5.74, 6) is 0.547. The number of benzene rings is 2. The van der Waals surface area contributed by atoms with Crippen LogP contribution in [0.1, 0.15) is 24.5 Å². The molecule has 0 aliphatic rings. The van der Waals surface area contributed by atoms with Crippen molar-refractivity contribution in [2.45, 2.75) is 26.5 Å². The van der Waals surface area contributed by atoms with Crippen molar-refractivity contribution < 1.29 is 9.13 Å². The second-order valence-corrected chi connectivity index (χ2v) is 5.72. The van der Waals surface area contributed by atoms with Crippen molar-refractivity contribution in [1.82, 2.24) is 5.32 Å². The van der Waals surface area contributed by atoms with Gasteiger partial charge >= 0.3 is 0 Å². The molecule has 2 aromatic rings. The van der Waals surface area contributed by atoms with Crippen LogP contribution >= 0.6 is 28.3 Å². The van der Waals surface area contributed by atoms with E-state index in [4.69, 9.17) is 4.74 Å². The van der Waals surface area contributed by atoms with Gasteiger partial charge in [0.1, 0.15) is 18.2 Å². The molecule has 0 atom stereocenters. The molecule has 0 heterocycles. The van der Waals surface area contributed by atoms with Crippen molar-refractivity contribution in [3.8, 4) is 5.75 Å². The molecule has 0 radical (unpaired) electrons. The Kier molecular flexibility index (Phi) is 8.46. The highest BCUT2D eigenvalue weighted by molar-refractivity contribution is 9.10. The highest BCUT2D eigenvalue weighted by Crippen LogP contribution is 2.24. The van der Waals surface area contributed by atoms with Gasteiger partial charge in [-0.05, 0) is 37.2 Å². The van der Waals surface area contributed by atoms with Crippen molar-refractivity contribution in [3.63, 3.8) is 0 Å². The summed E-state index contributed by atoms with van der Waals surface area (Å²) in [6.45, 7) is 4.05. The highest BCUT2D eigenvalue weighted by atomic mass is 79.9.